The molecule has 23 heavy (non-hydrogen) atoms. The minimum atomic E-state index is -3.63. The SMILES string of the molecule is CCO[Si](CCCC(CP(O)(O)=S)P(O)(O)=S)(OCC)OCC. The van der Waals surface area contributed by atoms with Crippen LogP contribution in [0.15, 0.2) is 0 Å². The molecule has 140 valence electrons. The molecule has 0 aromatic heterocycles. The van der Waals surface area contributed by atoms with Crippen molar-refractivity contribution in [1.29, 1.82) is 0 Å². The molecule has 1 unspecified atom stereocenters. The van der Waals surface area contributed by atoms with Gasteiger partial charge in [0.15, 0.2) is 13.0 Å². The van der Waals surface area contributed by atoms with Gasteiger partial charge in [0.1, 0.15) is 0 Å². The van der Waals surface area contributed by atoms with E-state index in [0.29, 0.717) is 38.7 Å². The third kappa shape index (κ3) is 10.7. The summed E-state index contributed by atoms with van der Waals surface area (Å²) in [5.41, 5.74) is -0.810. The van der Waals surface area contributed by atoms with E-state index in [9.17, 15) is 19.6 Å². The van der Waals surface area contributed by atoms with Crippen molar-refractivity contribution in [2.24, 2.45) is 0 Å². The Labute approximate surface area is 149 Å². The zero-order chi connectivity index (χ0) is 18.1. The van der Waals surface area contributed by atoms with Gasteiger partial charge in [0.25, 0.3) is 0 Å². The van der Waals surface area contributed by atoms with E-state index in [1.807, 2.05) is 20.8 Å². The molecular weight excluding hydrogens is 398 g/mol. The predicted octanol–water partition coefficient (Wildman–Crippen LogP) is 1.77. The van der Waals surface area contributed by atoms with Crippen LogP contribution in [0.5, 0.6) is 0 Å². The lowest BCUT2D eigenvalue weighted by Crippen LogP contribution is -2.46. The van der Waals surface area contributed by atoms with Gasteiger partial charge >= 0.3 is 8.80 Å². The predicted molar refractivity (Wildman–Crippen MR) is 101 cm³/mol. The second-order valence-electron chi connectivity index (χ2n) is 4.96. The molecular formula is C11H28O7P2S2Si. The standard InChI is InChI=1S/C11H28O7P2S2Si/c1-4-16-23(17-5-2,18-6-3)9-7-8-11(20(14,15)22)10-19(12,13)21/h11H,4-10H2,1-3H3,(H2,12,13,21)(H2,14,15,22). The van der Waals surface area contributed by atoms with Crippen molar-refractivity contribution in [3.63, 3.8) is 0 Å². The quantitative estimate of drug-likeness (QED) is 0.259. The van der Waals surface area contributed by atoms with Gasteiger partial charge in [-0.05, 0) is 57.2 Å². The van der Waals surface area contributed by atoms with Gasteiger partial charge in [0, 0.05) is 37.7 Å². The van der Waals surface area contributed by atoms with Crippen LogP contribution < -0.4 is 0 Å². The molecule has 0 heterocycles. The van der Waals surface area contributed by atoms with E-state index in [2.05, 4.69) is 11.8 Å². The maximum absolute atomic E-state index is 9.73. The number of hydrogen-bond donors (Lipinski definition) is 4. The van der Waals surface area contributed by atoms with Crippen molar-refractivity contribution in [3.05, 3.63) is 0 Å². The van der Waals surface area contributed by atoms with Crippen molar-refractivity contribution in [1.82, 2.24) is 0 Å². The lowest BCUT2D eigenvalue weighted by molar-refractivity contribution is 0.0706. The fourth-order valence-electron chi connectivity index (χ4n) is 2.20. The summed E-state index contributed by atoms with van der Waals surface area (Å²) < 4.78 is 17.2. The highest BCUT2D eigenvalue weighted by Gasteiger charge is 2.40. The molecule has 0 rings (SSSR count). The molecule has 7 nitrogen and oxygen atoms in total. The van der Waals surface area contributed by atoms with Crippen LogP contribution in [0.3, 0.4) is 0 Å². The van der Waals surface area contributed by atoms with Gasteiger partial charge in [-0.3, -0.25) is 0 Å². The van der Waals surface area contributed by atoms with E-state index in [-0.39, 0.29) is 6.16 Å². The molecule has 0 saturated heterocycles. The zero-order valence-electron chi connectivity index (χ0n) is 13.8. The van der Waals surface area contributed by atoms with Gasteiger partial charge in [-0.2, -0.15) is 0 Å². The van der Waals surface area contributed by atoms with Gasteiger partial charge in [0.2, 0.25) is 0 Å². The summed E-state index contributed by atoms with van der Waals surface area (Å²) in [6, 6.07) is 0.494. The molecule has 0 aliphatic carbocycles. The summed E-state index contributed by atoms with van der Waals surface area (Å²) in [5, 5.41) is 0. The van der Waals surface area contributed by atoms with Crippen LogP contribution in [0.4, 0.5) is 0 Å². The summed E-state index contributed by atoms with van der Waals surface area (Å²) in [7, 11) is -2.81. The lowest BCUT2D eigenvalue weighted by Gasteiger charge is -2.29. The Hall–Kier alpha value is 1.24. The molecule has 0 aromatic rings. The Bertz CT molecular complexity index is 412. The Balaban J connectivity index is 4.86. The first-order valence-corrected chi connectivity index (χ1v) is 15.1. The molecule has 0 radical (unpaired) electrons. The average Bonchev–Trinajstić information content (AvgIpc) is 2.36. The monoisotopic (exact) mass is 426 g/mol. The maximum atomic E-state index is 9.73. The summed E-state index contributed by atoms with van der Waals surface area (Å²) in [4.78, 5) is 38.3. The maximum Gasteiger partial charge on any atom is 0.500 e. The number of rotatable bonds is 13. The Kier molecular flexibility index (Phi) is 11.7. The summed E-state index contributed by atoms with van der Waals surface area (Å²) in [5.74, 6) is 0. The molecule has 1 atom stereocenters. The second-order valence-corrected chi connectivity index (χ2v) is 14.7. The highest BCUT2D eigenvalue weighted by molar-refractivity contribution is 8.11. The molecule has 0 amide bonds. The van der Waals surface area contributed by atoms with Crippen molar-refractivity contribution in [2.45, 2.75) is 45.3 Å². The van der Waals surface area contributed by atoms with Gasteiger partial charge in [-0.25, -0.2) is 0 Å². The van der Waals surface area contributed by atoms with Crippen LogP contribution in [0, 0.1) is 0 Å². The van der Waals surface area contributed by atoms with Crippen molar-refractivity contribution in [2.75, 3.05) is 26.0 Å². The van der Waals surface area contributed by atoms with E-state index in [4.69, 9.17) is 25.1 Å². The normalized spacial score (nSPS) is 14.9. The van der Waals surface area contributed by atoms with Crippen LogP contribution in [-0.4, -0.2) is 60.0 Å². The van der Waals surface area contributed by atoms with Crippen molar-refractivity contribution in [3.8, 4) is 0 Å². The van der Waals surface area contributed by atoms with E-state index in [0.717, 1.165) is 0 Å². The van der Waals surface area contributed by atoms with E-state index < -0.39 is 27.4 Å². The highest BCUT2D eigenvalue weighted by Crippen LogP contribution is 2.51. The first kappa shape index (κ1) is 24.2. The fourth-order valence-corrected chi connectivity index (χ4v) is 9.41. The van der Waals surface area contributed by atoms with E-state index in [1.54, 1.807) is 0 Å². The largest absolute Gasteiger partial charge is 0.500 e. The van der Waals surface area contributed by atoms with Crippen LogP contribution in [0.1, 0.15) is 33.6 Å². The minimum absolute atomic E-state index is 0.265. The smallest absolute Gasteiger partial charge is 0.374 e. The van der Waals surface area contributed by atoms with Gasteiger partial charge < -0.3 is 32.9 Å². The molecule has 0 aromatic carbocycles. The molecule has 0 spiro atoms. The molecule has 4 N–H and O–H groups in total. The molecule has 12 heteroatoms. The van der Waals surface area contributed by atoms with Gasteiger partial charge in [-0.1, -0.05) is 0 Å². The molecule has 0 bridgehead atoms. The minimum Gasteiger partial charge on any atom is -0.374 e. The van der Waals surface area contributed by atoms with Gasteiger partial charge in [0.05, 0.1) is 0 Å². The van der Waals surface area contributed by atoms with E-state index in [1.165, 1.54) is 0 Å². The highest BCUT2D eigenvalue weighted by atomic mass is 32.5. The molecule has 0 aliphatic heterocycles. The first-order valence-electron chi connectivity index (χ1n) is 7.51. The topological polar surface area (TPSA) is 109 Å². The molecule has 0 aliphatic rings. The van der Waals surface area contributed by atoms with Crippen molar-refractivity contribution >= 4 is 45.4 Å². The van der Waals surface area contributed by atoms with Crippen molar-refractivity contribution < 1.29 is 32.9 Å². The number of hydrogen-bond acceptors (Lipinski definition) is 5. The van der Waals surface area contributed by atoms with Crippen LogP contribution in [0.2, 0.25) is 6.04 Å². The zero-order valence-corrected chi connectivity index (χ0v) is 18.2. The third-order valence-electron chi connectivity index (χ3n) is 3.04. The fraction of sp³-hybridized carbons (Fsp3) is 1.00. The van der Waals surface area contributed by atoms with Gasteiger partial charge in [-0.15, -0.1) is 0 Å². The first-order chi connectivity index (χ1) is 10.5. The Morgan fingerprint density at radius 3 is 1.65 bits per heavy atom. The Morgan fingerprint density at radius 1 is 0.913 bits per heavy atom. The van der Waals surface area contributed by atoms with Crippen LogP contribution in [-0.2, 0) is 36.9 Å². The summed E-state index contributed by atoms with van der Waals surface area (Å²) in [6.45, 7) is -0.223. The average molecular weight is 427 g/mol. The second kappa shape index (κ2) is 11.1. The summed E-state index contributed by atoms with van der Waals surface area (Å²) in [6.07, 6.45) is 0.538. The molecule has 0 fully saturated rings. The summed E-state index contributed by atoms with van der Waals surface area (Å²) >= 11 is 9.31. The Morgan fingerprint density at radius 2 is 1.35 bits per heavy atom. The van der Waals surface area contributed by atoms with Crippen LogP contribution >= 0.6 is 13.0 Å². The van der Waals surface area contributed by atoms with E-state index >= 15 is 0 Å². The third-order valence-corrected chi connectivity index (χ3v) is 10.1. The lowest BCUT2D eigenvalue weighted by atomic mass is 10.3. The molecule has 0 saturated carbocycles. The van der Waals surface area contributed by atoms with Crippen LogP contribution in [0.25, 0.3) is 0 Å².